The van der Waals surface area contributed by atoms with Crippen molar-refractivity contribution < 1.29 is 9.90 Å². The van der Waals surface area contributed by atoms with E-state index in [1.165, 1.54) is 10.4 Å². The number of aryl methyl sites for hydroxylation is 1. The first-order valence-electron chi connectivity index (χ1n) is 7.15. The summed E-state index contributed by atoms with van der Waals surface area (Å²) in [4.78, 5) is 13.9. The van der Waals surface area contributed by atoms with Gasteiger partial charge < -0.3 is 10.4 Å². The fourth-order valence-electron chi connectivity index (χ4n) is 2.80. The third-order valence-electron chi connectivity index (χ3n) is 4.41. The summed E-state index contributed by atoms with van der Waals surface area (Å²) in [5.74, 6) is 0.0520. The van der Waals surface area contributed by atoms with E-state index in [1.807, 2.05) is 13.8 Å². The molecule has 1 amide bonds. The predicted molar refractivity (Wildman–Crippen MR) is 78.5 cm³/mol. The van der Waals surface area contributed by atoms with Gasteiger partial charge in [-0.2, -0.15) is 0 Å². The standard InChI is InChI=1S/C15H23NO2S/c1-3-15(4-2,10-17)16-14(18)12-6-5-7-13-11(12)8-9-19-13/h8-9,12,17H,3-7,10H2,1-2H3,(H,16,18). The molecule has 0 aromatic carbocycles. The fourth-order valence-corrected chi connectivity index (χ4v) is 3.78. The summed E-state index contributed by atoms with van der Waals surface area (Å²) in [6.45, 7) is 4.03. The average Bonchev–Trinajstić information content (AvgIpc) is 2.93. The normalized spacial score (nSPS) is 19.0. The van der Waals surface area contributed by atoms with Gasteiger partial charge in [-0.25, -0.2) is 0 Å². The van der Waals surface area contributed by atoms with Crippen LogP contribution in [0.2, 0.25) is 0 Å². The maximum atomic E-state index is 12.5. The Morgan fingerprint density at radius 1 is 1.53 bits per heavy atom. The number of carbonyl (C=O) groups excluding carboxylic acids is 1. The van der Waals surface area contributed by atoms with Gasteiger partial charge in [0, 0.05) is 4.88 Å². The van der Waals surface area contributed by atoms with Gasteiger partial charge in [0.1, 0.15) is 0 Å². The van der Waals surface area contributed by atoms with E-state index in [1.54, 1.807) is 11.3 Å². The van der Waals surface area contributed by atoms with Crippen molar-refractivity contribution in [3.05, 3.63) is 21.9 Å². The van der Waals surface area contributed by atoms with Gasteiger partial charge in [-0.3, -0.25) is 4.79 Å². The molecule has 0 saturated carbocycles. The Balaban J connectivity index is 2.14. The Morgan fingerprint density at radius 2 is 2.26 bits per heavy atom. The number of aliphatic hydroxyl groups excluding tert-OH is 1. The van der Waals surface area contributed by atoms with E-state index in [-0.39, 0.29) is 18.4 Å². The highest BCUT2D eigenvalue weighted by Crippen LogP contribution is 2.35. The van der Waals surface area contributed by atoms with Crippen LogP contribution in [-0.4, -0.2) is 23.2 Å². The monoisotopic (exact) mass is 281 g/mol. The predicted octanol–water partition coefficient (Wildman–Crippen LogP) is 2.84. The highest BCUT2D eigenvalue weighted by Gasteiger charge is 2.33. The highest BCUT2D eigenvalue weighted by atomic mass is 32.1. The number of nitrogens with one attached hydrogen (secondary N) is 1. The Bertz CT molecular complexity index is 429. The lowest BCUT2D eigenvalue weighted by Gasteiger charge is -2.33. The first kappa shape index (κ1) is 14.5. The smallest absolute Gasteiger partial charge is 0.228 e. The molecule has 19 heavy (non-hydrogen) atoms. The second-order valence-corrected chi connectivity index (χ2v) is 6.38. The lowest BCUT2D eigenvalue weighted by atomic mass is 9.85. The molecule has 1 aromatic rings. The average molecular weight is 281 g/mol. The Kier molecular flexibility index (Phi) is 4.63. The number of fused-ring (bicyclic) bond motifs is 1. The Morgan fingerprint density at radius 3 is 2.89 bits per heavy atom. The minimum absolute atomic E-state index is 0.00888. The van der Waals surface area contributed by atoms with Crippen molar-refractivity contribution in [1.82, 2.24) is 5.32 Å². The van der Waals surface area contributed by atoms with E-state index in [9.17, 15) is 9.90 Å². The minimum atomic E-state index is -0.454. The summed E-state index contributed by atoms with van der Waals surface area (Å²) in [5.41, 5.74) is 0.748. The molecule has 3 nitrogen and oxygen atoms in total. The minimum Gasteiger partial charge on any atom is -0.394 e. The Hall–Kier alpha value is -0.870. The molecule has 1 heterocycles. The summed E-state index contributed by atoms with van der Waals surface area (Å²) in [5, 5.41) is 14.7. The molecule has 0 fully saturated rings. The number of rotatable bonds is 5. The van der Waals surface area contributed by atoms with Gasteiger partial charge in [0.2, 0.25) is 5.91 Å². The van der Waals surface area contributed by atoms with Gasteiger partial charge in [-0.15, -0.1) is 11.3 Å². The van der Waals surface area contributed by atoms with Crippen molar-refractivity contribution >= 4 is 17.2 Å². The molecule has 2 rings (SSSR count). The van der Waals surface area contributed by atoms with Crippen LogP contribution in [-0.2, 0) is 11.2 Å². The second kappa shape index (κ2) is 6.06. The van der Waals surface area contributed by atoms with E-state index >= 15 is 0 Å². The maximum Gasteiger partial charge on any atom is 0.228 e. The van der Waals surface area contributed by atoms with Crippen LogP contribution in [0, 0.1) is 0 Å². The number of hydrogen-bond acceptors (Lipinski definition) is 3. The molecule has 1 aliphatic rings. The molecule has 0 bridgehead atoms. The van der Waals surface area contributed by atoms with Crippen LogP contribution in [0.25, 0.3) is 0 Å². The molecule has 1 unspecified atom stereocenters. The van der Waals surface area contributed by atoms with Crippen LogP contribution < -0.4 is 5.32 Å². The molecule has 0 radical (unpaired) electrons. The van der Waals surface area contributed by atoms with Gasteiger partial charge in [0.05, 0.1) is 18.1 Å². The summed E-state index contributed by atoms with van der Waals surface area (Å²) in [6, 6.07) is 2.09. The molecule has 0 spiro atoms. The van der Waals surface area contributed by atoms with E-state index in [0.717, 1.165) is 32.1 Å². The van der Waals surface area contributed by atoms with Crippen LogP contribution in [0.3, 0.4) is 0 Å². The molecular formula is C15H23NO2S. The lowest BCUT2D eigenvalue weighted by Crippen LogP contribution is -2.52. The van der Waals surface area contributed by atoms with E-state index in [2.05, 4.69) is 16.8 Å². The zero-order chi connectivity index (χ0) is 13.9. The fraction of sp³-hybridized carbons (Fsp3) is 0.667. The van der Waals surface area contributed by atoms with Crippen LogP contribution in [0.15, 0.2) is 11.4 Å². The first-order chi connectivity index (χ1) is 9.15. The third kappa shape index (κ3) is 2.84. The van der Waals surface area contributed by atoms with E-state index in [0.29, 0.717) is 0 Å². The molecular weight excluding hydrogens is 258 g/mol. The number of amides is 1. The van der Waals surface area contributed by atoms with Crippen molar-refractivity contribution in [1.29, 1.82) is 0 Å². The zero-order valence-electron chi connectivity index (χ0n) is 11.7. The third-order valence-corrected chi connectivity index (χ3v) is 5.41. The summed E-state index contributed by atoms with van der Waals surface area (Å²) in [6.07, 6.45) is 4.62. The van der Waals surface area contributed by atoms with E-state index < -0.39 is 5.54 Å². The number of thiophene rings is 1. The van der Waals surface area contributed by atoms with Crippen molar-refractivity contribution in [2.75, 3.05) is 6.61 Å². The molecule has 2 N–H and O–H groups in total. The zero-order valence-corrected chi connectivity index (χ0v) is 12.6. The lowest BCUT2D eigenvalue weighted by molar-refractivity contribution is -0.125. The molecule has 1 atom stereocenters. The van der Waals surface area contributed by atoms with Gasteiger partial charge in [-0.1, -0.05) is 13.8 Å². The summed E-state index contributed by atoms with van der Waals surface area (Å²) < 4.78 is 0. The highest BCUT2D eigenvalue weighted by molar-refractivity contribution is 7.10. The topological polar surface area (TPSA) is 49.3 Å². The molecule has 1 aliphatic carbocycles. The molecule has 1 aromatic heterocycles. The van der Waals surface area contributed by atoms with Gasteiger partial charge >= 0.3 is 0 Å². The molecule has 0 aliphatic heterocycles. The van der Waals surface area contributed by atoms with Crippen LogP contribution >= 0.6 is 11.3 Å². The van der Waals surface area contributed by atoms with Crippen LogP contribution in [0.1, 0.15) is 55.9 Å². The van der Waals surface area contributed by atoms with Crippen molar-refractivity contribution in [2.45, 2.75) is 57.4 Å². The van der Waals surface area contributed by atoms with Crippen LogP contribution in [0.5, 0.6) is 0 Å². The van der Waals surface area contributed by atoms with Crippen molar-refractivity contribution in [2.24, 2.45) is 0 Å². The molecule has 4 heteroatoms. The largest absolute Gasteiger partial charge is 0.394 e. The van der Waals surface area contributed by atoms with E-state index in [4.69, 9.17) is 0 Å². The van der Waals surface area contributed by atoms with Crippen LogP contribution in [0.4, 0.5) is 0 Å². The summed E-state index contributed by atoms with van der Waals surface area (Å²) >= 11 is 1.75. The second-order valence-electron chi connectivity index (χ2n) is 5.38. The number of hydrogen-bond donors (Lipinski definition) is 2. The van der Waals surface area contributed by atoms with Gasteiger partial charge in [0.15, 0.2) is 0 Å². The quantitative estimate of drug-likeness (QED) is 0.872. The Labute approximate surface area is 119 Å². The van der Waals surface area contributed by atoms with Gasteiger partial charge in [0.25, 0.3) is 0 Å². The van der Waals surface area contributed by atoms with Crippen molar-refractivity contribution in [3.8, 4) is 0 Å². The van der Waals surface area contributed by atoms with Crippen molar-refractivity contribution in [3.63, 3.8) is 0 Å². The SMILES string of the molecule is CCC(CC)(CO)NC(=O)C1CCCc2sccc21. The molecule has 106 valence electrons. The van der Waals surface area contributed by atoms with Gasteiger partial charge in [-0.05, 0) is 49.1 Å². The number of aliphatic hydroxyl groups is 1. The summed E-state index contributed by atoms with van der Waals surface area (Å²) in [7, 11) is 0. The number of carbonyl (C=O) groups is 1. The molecule has 0 saturated heterocycles. The first-order valence-corrected chi connectivity index (χ1v) is 8.03. The maximum absolute atomic E-state index is 12.5.